The quantitative estimate of drug-likeness (QED) is 0.681. The Labute approximate surface area is 193 Å². The van der Waals surface area contributed by atoms with E-state index in [4.69, 9.17) is 11.6 Å². The first kappa shape index (κ1) is 22.5. The number of aliphatic hydroxyl groups excluding tert-OH is 1. The largest absolute Gasteiger partial charge is 0.395 e. The number of rotatable bonds is 6. The Balaban J connectivity index is 1.71. The van der Waals surface area contributed by atoms with Crippen molar-refractivity contribution in [3.05, 3.63) is 75.4 Å². The predicted octanol–water partition coefficient (Wildman–Crippen LogP) is 2.85. The Morgan fingerprint density at radius 1 is 0.938 bits per heavy atom. The average Bonchev–Trinajstić information content (AvgIpc) is 3.03. The third-order valence-electron chi connectivity index (χ3n) is 6.33. The van der Waals surface area contributed by atoms with Gasteiger partial charge < -0.3 is 10.0 Å². The van der Waals surface area contributed by atoms with E-state index in [2.05, 4.69) is 4.90 Å². The molecule has 1 N–H and O–H groups in total. The molecule has 4 rings (SSSR count). The molecule has 2 aromatic rings. The zero-order valence-corrected chi connectivity index (χ0v) is 19.2. The van der Waals surface area contributed by atoms with Gasteiger partial charge in [0, 0.05) is 37.7 Å². The molecule has 0 aliphatic carbocycles. The van der Waals surface area contributed by atoms with Crippen molar-refractivity contribution in [1.82, 2.24) is 14.7 Å². The van der Waals surface area contributed by atoms with Crippen LogP contribution in [0, 0.1) is 13.8 Å². The third-order valence-corrected chi connectivity index (χ3v) is 6.70. The first-order valence-corrected chi connectivity index (χ1v) is 11.3. The Hall–Kier alpha value is -2.67. The zero-order chi connectivity index (χ0) is 22.8. The highest BCUT2D eigenvalue weighted by Gasteiger charge is 2.42. The van der Waals surface area contributed by atoms with Gasteiger partial charge in [0.1, 0.15) is 5.70 Å². The number of piperazine rings is 1. The summed E-state index contributed by atoms with van der Waals surface area (Å²) in [5, 5.41) is 9.76. The number of β-amino-alcohol motifs (C(OH)–C–C–N with tert-alkyl or cyclic N) is 1. The van der Waals surface area contributed by atoms with Crippen LogP contribution in [0.2, 0.25) is 5.02 Å². The molecule has 0 bridgehead atoms. The van der Waals surface area contributed by atoms with E-state index in [0.717, 1.165) is 35.3 Å². The molecule has 6 nitrogen and oxygen atoms in total. The second-order valence-corrected chi connectivity index (χ2v) is 8.77. The van der Waals surface area contributed by atoms with Crippen molar-refractivity contribution in [3.8, 4) is 0 Å². The Morgan fingerprint density at radius 3 is 2.31 bits per heavy atom. The summed E-state index contributed by atoms with van der Waals surface area (Å²) in [5.74, 6) is -0.565. The van der Waals surface area contributed by atoms with Crippen molar-refractivity contribution < 1.29 is 14.7 Å². The van der Waals surface area contributed by atoms with Crippen LogP contribution >= 0.6 is 11.6 Å². The summed E-state index contributed by atoms with van der Waals surface area (Å²) >= 11 is 6.32. The molecule has 2 amide bonds. The average molecular weight is 454 g/mol. The summed E-state index contributed by atoms with van der Waals surface area (Å²) in [4.78, 5) is 32.7. The van der Waals surface area contributed by atoms with Gasteiger partial charge in [0.05, 0.1) is 18.7 Å². The van der Waals surface area contributed by atoms with Crippen LogP contribution in [0.1, 0.15) is 22.3 Å². The number of carbonyl (C=O) groups excluding carboxylic acids is 2. The highest BCUT2D eigenvalue weighted by atomic mass is 35.5. The lowest BCUT2D eigenvalue weighted by molar-refractivity contribution is -0.138. The second kappa shape index (κ2) is 9.45. The van der Waals surface area contributed by atoms with Crippen molar-refractivity contribution in [1.29, 1.82) is 0 Å². The van der Waals surface area contributed by atoms with Gasteiger partial charge in [0.2, 0.25) is 0 Å². The minimum absolute atomic E-state index is 0.111. The van der Waals surface area contributed by atoms with Crippen molar-refractivity contribution in [3.63, 3.8) is 0 Å². The fraction of sp³-hybridized carbons (Fsp3) is 0.360. The van der Waals surface area contributed by atoms with Crippen LogP contribution in [0.5, 0.6) is 0 Å². The van der Waals surface area contributed by atoms with Crippen molar-refractivity contribution in [2.75, 3.05) is 39.3 Å². The minimum atomic E-state index is -0.286. The van der Waals surface area contributed by atoms with Crippen LogP contribution < -0.4 is 0 Å². The van der Waals surface area contributed by atoms with E-state index in [0.29, 0.717) is 35.9 Å². The summed E-state index contributed by atoms with van der Waals surface area (Å²) in [7, 11) is 0. The van der Waals surface area contributed by atoms with Crippen molar-refractivity contribution in [2.24, 2.45) is 0 Å². The van der Waals surface area contributed by atoms with Crippen LogP contribution in [0.15, 0.2) is 48.2 Å². The molecule has 0 unspecified atom stereocenters. The molecule has 0 saturated carbocycles. The second-order valence-electron chi connectivity index (χ2n) is 8.36. The van der Waals surface area contributed by atoms with Crippen LogP contribution in [-0.2, 0) is 16.1 Å². The van der Waals surface area contributed by atoms with Gasteiger partial charge in [0.15, 0.2) is 0 Å². The maximum atomic E-state index is 13.6. The van der Waals surface area contributed by atoms with E-state index in [9.17, 15) is 14.7 Å². The van der Waals surface area contributed by atoms with Crippen molar-refractivity contribution >= 4 is 29.0 Å². The van der Waals surface area contributed by atoms with Gasteiger partial charge in [-0.2, -0.15) is 0 Å². The van der Waals surface area contributed by atoms with Gasteiger partial charge >= 0.3 is 0 Å². The number of amides is 2. The standard InChI is InChI=1S/C25H28ClN3O3/c1-17-7-8-19(15-18(17)2)22-23(28-11-9-27(10-12-28)13-14-30)25(32)29(24(22)31)16-20-5-3-4-6-21(20)26/h3-8,15,30H,9-14,16H2,1-2H3. The Kier molecular flexibility index (Phi) is 6.65. The van der Waals surface area contributed by atoms with Crippen LogP contribution in [0.3, 0.4) is 0 Å². The highest BCUT2D eigenvalue weighted by Crippen LogP contribution is 2.34. The Bertz CT molecular complexity index is 1070. The lowest BCUT2D eigenvalue weighted by Crippen LogP contribution is -2.48. The lowest BCUT2D eigenvalue weighted by Gasteiger charge is -2.36. The van der Waals surface area contributed by atoms with E-state index in [-0.39, 0.29) is 25.0 Å². The number of halogens is 1. The molecule has 0 radical (unpaired) electrons. The molecule has 1 fully saturated rings. The first-order chi connectivity index (χ1) is 15.4. The minimum Gasteiger partial charge on any atom is -0.395 e. The van der Waals surface area contributed by atoms with Crippen LogP contribution in [-0.4, -0.2) is 71.0 Å². The van der Waals surface area contributed by atoms with Gasteiger partial charge in [-0.3, -0.25) is 19.4 Å². The third kappa shape index (κ3) is 4.31. The van der Waals surface area contributed by atoms with Gasteiger partial charge in [-0.1, -0.05) is 48.0 Å². The molecule has 2 heterocycles. The molecule has 2 aliphatic heterocycles. The molecular formula is C25H28ClN3O3. The summed E-state index contributed by atoms with van der Waals surface area (Å²) in [5.41, 5.74) is 4.64. The highest BCUT2D eigenvalue weighted by molar-refractivity contribution is 6.35. The number of aryl methyl sites for hydroxylation is 2. The van der Waals surface area contributed by atoms with E-state index in [1.807, 2.05) is 55.1 Å². The maximum Gasteiger partial charge on any atom is 0.278 e. The van der Waals surface area contributed by atoms with Gasteiger partial charge in [-0.15, -0.1) is 0 Å². The summed E-state index contributed by atoms with van der Waals surface area (Å²) < 4.78 is 0. The Morgan fingerprint density at radius 2 is 1.66 bits per heavy atom. The molecule has 1 saturated heterocycles. The molecule has 2 aromatic carbocycles. The van der Waals surface area contributed by atoms with Gasteiger partial charge in [0.25, 0.3) is 11.8 Å². The molecular weight excluding hydrogens is 426 g/mol. The molecule has 32 heavy (non-hydrogen) atoms. The number of hydrogen-bond donors (Lipinski definition) is 1. The first-order valence-electron chi connectivity index (χ1n) is 10.9. The number of nitrogens with zero attached hydrogens (tertiary/aromatic N) is 3. The summed E-state index contributed by atoms with van der Waals surface area (Å²) in [6.07, 6.45) is 0. The zero-order valence-electron chi connectivity index (χ0n) is 18.5. The van der Waals surface area contributed by atoms with Crippen molar-refractivity contribution in [2.45, 2.75) is 20.4 Å². The lowest BCUT2D eigenvalue weighted by atomic mass is 9.99. The molecule has 7 heteroatoms. The normalized spacial score (nSPS) is 17.6. The van der Waals surface area contributed by atoms with Gasteiger partial charge in [-0.05, 0) is 42.2 Å². The molecule has 168 valence electrons. The number of hydrogen-bond acceptors (Lipinski definition) is 5. The fourth-order valence-electron chi connectivity index (χ4n) is 4.29. The number of carbonyl (C=O) groups is 2. The van der Waals surface area contributed by atoms with E-state index < -0.39 is 0 Å². The van der Waals surface area contributed by atoms with Gasteiger partial charge in [-0.25, -0.2) is 0 Å². The summed E-state index contributed by atoms with van der Waals surface area (Å²) in [6, 6.07) is 13.2. The molecule has 0 aromatic heterocycles. The number of imide groups is 1. The van der Waals surface area contributed by atoms with E-state index in [1.165, 1.54) is 4.90 Å². The molecule has 2 aliphatic rings. The SMILES string of the molecule is Cc1ccc(C2=C(N3CCN(CCO)CC3)C(=O)N(Cc3ccccc3Cl)C2=O)cc1C. The summed E-state index contributed by atoms with van der Waals surface area (Å²) in [6.45, 7) is 7.62. The maximum absolute atomic E-state index is 13.6. The molecule has 0 spiro atoms. The molecule has 0 atom stereocenters. The monoisotopic (exact) mass is 453 g/mol. The fourth-order valence-corrected chi connectivity index (χ4v) is 4.49. The smallest absolute Gasteiger partial charge is 0.278 e. The number of aliphatic hydroxyl groups is 1. The van der Waals surface area contributed by atoms with Crippen LogP contribution in [0.4, 0.5) is 0 Å². The van der Waals surface area contributed by atoms with E-state index >= 15 is 0 Å². The van der Waals surface area contributed by atoms with E-state index in [1.54, 1.807) is 6.07 Å². The number of benzene rings is 2. The topological polar surface area (TPSA) is 64.1 Å². The predicted molar refractivity (Wildman–Crippen MR) is 125 cm³/mol. The van der Waals surface area contributed by atoms with Crippen LogP contribution in [0.25, 0.3) is 5.57 Å².